The van der Waals surface area contributed by atoms with Crippen LogP contribution in [-0.4, -0.2) is 58.1 Å². The Morgan fingerprint density at radius 1 is 1.12 bits per heavy atom. The van der Waals surface area contributed by atoms with Crippen molar-refractivity contribution in [3.05, 3.63) is 23.8 Å². The van der Waals surface area contributed by atoms with E-state index in [1.54, 1.807) is 28.1 Å². The number of nitriles is 1. The van der Waals surface area contributed by atoms with Gasteiger partial charge in [0.1, 0.15) is 6.10 Å². The Hall–Kier alpha value is -2.99. The van der Waals surface area contributed by atoms with Gasteiger partial charge in [-0.1, -0.05) is 33.8 Å². The Balaban J connectivity index is 2.13. The van der Waals surface area contributed by atoms with Gasteiger partial charge in [0.15, 0.2) is 11.5 Å². The van der Waals surface area contributed by atoms with Crippen LogP contribution in [0.4, 0.5) is 4.79 Å². The number of ether oxygens (including phenoxy) is 4. The third-order valence-corrected chi connectivity index (χ3v) is 7.62. The van der Waals surface area contributed by atoms with Gasteiger partial charge in [-0.25, -0.2) is 4.79 Å². The largest absolute Gasteiger partial charge is 0.493 e. The number of methoxy groups -OCH3 is 2. The molecule has 0 bridgehead atoms. The van der Waals surface area contributed by atoms with Crippen molar-refractivity contribution in [3.8, 4) is 17.6 Å². The molecule has 1 aliphatic heterocycles. The van der Waals surface area contributed by atoms with E-state index in [0.29, 0.717) is 37.1 Å². The first-order chi connectivity index (χ1) is 18.9. The molecule has 1 heterocycles. The molecule has 1 fully saturated rings. The van der Waals surface area contributed by atoms with Gasteiger partial charge in [0.2, 0.25) is 5.91 Å². The fourth-order valence-electron chi connectivity index (χ4n) is 4.90. The Morgan fingerprint density at radius 2 is 1.85 bits per heavy atom. The average molecular weight is 560 g/mol. The summed E-state index contributed by atoms with van der Waals surface area (Å²) in [6.07, 6.45) is 1.87. The van der Waals surface area contributed by atoms with Gasteiger partial charge in [0.25, 0.3) is 0 Å². The fraction of sp³-hybridized carbons (Fsp3) is 0.710. The number of benzene rings is 1. The highest BCUT2D eigenvalue weighted by atomic mass is 16.6. The lowest BCUT2D eigenvalue weighted by Gasteiger charge is -2.29. The third kappa shape index (κ3) is 10.2. The molecule has 1 aromatic rings. The highest BCUT2D eigenvalue weighted by Crippen LogP contribution is 2.33. The molecule has 224 valence electrons. The summed E-state index contributed by atoms with van der Waals surface area (Å²) in [5.41, 5.74) is 0.476. The first-order valence-corrected chi connectivity index (χ1v) is 14.4. The molecule has 0 spiro atoms. The molecule has 0 saturated carbocycles. The molecule has 1 aliphatic rings. The lowest BCUT2D eigenvalue weighted by molar-refractivity contribution is -0.127. The standard InChI is InChI=1S/C31H49N3O6/c1-20(2)23(14-22-10-11-26(38-8)28(15-22)39-13-9-12-37-7)16-25-27(40-30(36)34-25)17-24(21(3)4)29(35)33-19-31(5,6)18-32/h10-11,15,20-21,23-25,27H,9,12-14,16-17,19H2,1-8H3,(H,33,35)(H,34,36)/t23-,24+,25+,27+/m1/s1. The number of nitrogens with one attached hydrogen (secondary N) is 2. The fourth-order valence-corrected chi connectivity index (χ4v) is 4.90. The summed E-state index contributed by atoms with van der Waals surface area (Å²) >= 11 is 0. The van der Waals surface area contributed by atoms with E-state index in [1.165, 1.54) is 0 Å². The van der Waals surface area contributed by atoms with E-state index in [1.807, 2.05) is 26.0 Å². The molecule has 2 rings (SSSR count). The molecule has 2 N–H and O–H groups in total. The van der Waals surface area contributed by atoms with Crippen molar-refractivity contribution in [1.29, 1.82) is 5.26 Å². The number of cyclic esters (lactones) is 1. The van der Waals surface area contributed by atoms with Gasteiger partial charge >= 0.3 is 6.09 Å². The van der Waals surface area contributed by atoms with Crippen LogP contribution >= 0.6 is 0 Å². The minimum Gasteiger partial charge on any atom is -0.493 e. The Labute approximate surface area is 240 Å². The molecule has 2 amide bonds. The van der Waals surface area contributed by atoms with E-state index in [2.05, 4.69) is 36.6 Å². The zero-order valence-corrected chi connectivity index (χ0v) is 25.5. The highest BCUT2D eigenvalue weighted by molar-refractivity contribution is 5.79. The average Bonchev–Trinajstić information content (AvgIpc) is 3.26. The van der Waals surface area contributed by atoms with Crippen molar-refractivity contribution in [1.82, 2.24) is 10.6 Å². The summed E-state index contributed by atoms with van der Waals surface area (Å²) in [6.45, 7) is 13.4. The van der Waals surface area contributed by atoms with Crippen molar-refractivity contribution in [2.75, 3.05) is 34.0 Å². The van der Waals surface area contributed by atoms with Crippen LogP contribution in [0, 0.1) is 40.4 Å². The number of alkyl carbamates (subject to hydrolysis) is 1. The number of amides is 2. The van der Waals surface area contributed by atoms with Crippen LogP contribution in [0.3, 0.4) is 0 Å². The number of hydrogen-bond acceptors (Lipinski definition) is 7. The van der Waals surface area contributed by atoms with E-state index in [9.17, 15) is 14.9 Å². The molecule has 40 heavy (non-hydrogen) atoms. The zero-order valence-electron chi connectivity index (χ0n) is 25.5. The minimum atomic E-state index is -0.651. The summed E-state index contributed by atoms with van der Waals surface area (Å²) in [6, 6.07) is 8.03. The zero-order chi connectivity index (χ0) is 29.9. The van der Waals surface area contributed by atoms with Crippen LogP contribution in [0.2, 0.25) is 0 Å². The maximum absolute atomic E-state index is 13.1. The van der Waals surface area contributed by atoms with Crippen molar-refractivity contribution < 1.29 is 28.5 Å². The van der Waals surface area contributed by atoms with Crippen molar-refractivity contribution in [3.63, 3.8) is 0 Å². The summed E-state index contributed by atoms with van der Waals surface area (Å²) < 4.78 is 22.3. The van der Waals surface area contributed by atoms with E-state index in [4.69, 9.17) is 18.9 Å². The van der Waals surface area contributed by atoms with Crippen molar-refractivity contribution in [2.45, 2.75) is 79.4 Å². The predicted octanol–water partition coefficient (Wildman–Crippen LogP) is 5.12. The van der Waals surface area contributed by atoms with Crippen molar-refractivity contribution in [2.24, 2.45) is 29.1 Å². The van der Waals surface area contributed by atoms with Gasteiger partial charge in [-0.3, -0.25) is 4.79 Å². The van der Waals surface area contributed by atoms with Crippen LogP contribution in [0.15, 0.2) is 18.2 Å². The lowest BCUT2D eigenvalue weighted by atomic mass is 9.80. The molecule has 0 radical (unpaired) electrons. The highest BCUT2D eigenvalue weighted by Gasteiger charge is 2.39. The van der Waals surface area contributed by atoms with Gasteiger partial charge in [0, 0.05) is 32.6 Å². The maximum atomic E-state index is 13.1. The number of hydrogen-bond donors (Lipinski definition) is 2. The molecule has 4 atom stereocenters. The number of carbonyl (C=O) groups excluding carboxylic acids is 2. The molecule has 9 nitrogen and oxygen atoms in total. The molecule has 1 aromatic carbocycles. The molecule has 0 unspecified atom stereocenters. The Kier molecular flexibility index (Phi) is 13.0. The monoisotopic (exact) mass is 559 g/mol. The molecular formula is C31H49N3O6. The second-order valence-electron chi connectivity index (χ2n) is 12.1. The summed E-state index contributed by atoms with van der Waals surface area (Å²) in [5.74, 6) is 1.60. The smallest absolute Gasteiger partial charge is 0.407 e. The summed E-state index contributed by atoms with van der Waals surface area (Å²) in [7, 11) is 3.30. The van der Waals surface area contributed by atoms with Gasteiger partial charge in [-0.2, -0.15) is 5.26 Å². The SMILES string of the molecule is COCCCOc1cc(C[C@H](C[C@@H]2NC(=O)O[C@H]2C[C@H](C(=O)NCC(C)(C)C#N)C(C)C)C(C)C)ccc1OC. The lowest BCUT2D eigenvalue weighted by Crippen LogP contribution is -2.42. The van der Waals surface area contributed by atoms with Gasteiger partial charge < -0.3 is 29.6 Å². The van der Waals surface area contributed by atoms with Crippen LogP contribution in [-0.2, 0) is 20.7 Å². The molecule has 0 aromatic heterocycles. The third-order valence-electron chi connectivity index (χ3n) is 7.62. The Bertz CT molecular complexity index is 1000. The van der Waals surface area contributed by atoms with Crippen LogP contribution in [0.5, 0.6) is 11.5 Å². The van der Waals surface area contributed by atoms with Crippen LogP contribution in [0.25, 0.3) is 0 Å². The molecule has 1 saturated heterocycles. The van der Waals surface area contributed by atoms with Crippen LogP contribution < -0.4 is 20.1 Å². The van der Waals surface area contributed by atoms with E-state index >= 15 is 0 Å². The molecule has 9 heteroatoms. The maximum Gasteiger partial charge on any atom is 0.407 e. The Morgan fingerprint density at radius 3 is 2.45 bits per heavy atom. The first-order valence-electron chi connectivity index (χ1n) is 14.4. The van der Waals surface area contributed by atoms with Gasteiger partial charge in [-0.05, 0) is 68.6 Å². The van der Waals surface area contributed by atoms with E-state index < -0.39 is 17.6 Å². The minimum absolute atomic E-state index is 0.0488. The van der Waals surface area contributed by atoms with Crippen LogP contribution in [0.1, 0.15) is 66.4 Å². The second kappa shape index (κ2) is 15.7. The van der Waals surface area contributed by atoms with E-state index in [-0.39, 0.29) is 36.2 Å². The number of rotatable bonds is 17. The van der Waals surface area contributed by atoms with Gasteiger partial charge in [-0.15, -0.1) is 0 Å². The number of nitrogens with zero attached hydrogens (tertiary/aromatic N) is 1. The quantitative estimate of drug-likeness (QED) is 0.254. The molecular weight excluding hydrogens is 510 g/mol. The molecule has 0 aliphatic carbocycles. The first kappa shape index (κ1) is 33.2. The van der Waals surface area contributed by atoms with Crippen molar-refractivity contribution >= 4 is 12.0 Å². The van der Waals surface area contributed by atoms with E-state index in [0.717, 1.165) is 24.8 Å². The topological polar surface area (TPSA) is 119 Å². The number of carbonyl (C=O) groups is 2. The van der Waals surface area contributed by atoms with Gasteiger partial charge in [0.05, 0.1) is 31.2 Å². The predicted molar refractivity (Wildman–Crippen MR) is 154 cm³/mol. The normalized spacial score (nSPS) is 18.6. The second-order valence-corrected chi connectivity index (χ2v) is 12.1. The summed E-state index contributed by atoms with van der Waals surface area (Å²) in [4.78, 5) is 25.4. The summed E-state index contributed by atoms with van der Waals surface area (Å²) in [5, 5.41) is 15.2.